The second kappa shape index (κ2) is 16.1. The summed E-state index contributed by atoms with van der Waals surface area (Å²) < 4.78 is 11.5. The number of hydrogen-bond donors (Lipinski definition) is 2. The number of piperidine rings is 1. The van der Waals surface area contributed by atoms with Crippen molar-refractivity contribution < 1.29 is 28.7 Å². The first-order valence-electron chi connectivity index (χ1n) is 20.9. The fourth-order valence-electron chi connectivity index (χ4n) is 8.54. The molecule has 2 fully saturated rings. The van der Waals surface area contributed by atoms with Crippen LogP contribution in [0.1, 0.15) is 60.7 Å². The van der Waals surface area contributed by atoms with Gasteiger partial charge in [0.05, 0.1) is 12.1 Å². The third-order valence-corrected chi connectivity index (χ3v) is 11.8. The third kappa shape index (κ3) is 8.29. The zero-order chi connectivity index (χ0) is 42.4. The molecule has 0 aliphatic carbocycles. The molecular formula is C46H49N9O6. The molecule has 0 bridgehead atoms. The van der Waals surface area contributed by atoms with Crippen molar-refractivity contribution in [3.05, 3.63) is 95.3 Å². The number of pyridine rings is 1. The fraction of sp³-hybridized carbons (Fsp3) is 0.370. The van der Waals surface area contributed by atoms with Gasteiger partial charge in [0.1, 0.15) is 23.9 Å². The minimum atomic E-state index is -0.633. The van der Waals surface area contributed by atoms with Crippen LogP contribution in [0.25, 0.3) is 22.0 Å². The molecule has 4 aliphatic heterocycles. The fourth-order valence-corrected chi connectivity index (χ4v) is 8.54. The molecule has 61 heavy (non-hydrogen) atoms. The van der Waals surface area contributed by atoms with Gasteiger partial charge in [-0.1, -0.05) is 24.3 Å². The predicted octanol–water partition coefficient (Wildman–Crippen LogP) is 6.00. The van der Waals surface area contributed by atoms with Crippen molar-refractivity contribution in [2.45, 2.75) is 65.1 Å². The summed E-state index contributed by atoms with van der Waals surface area (Å²) in [5.74, 6) is 0.0738. The largest absolute Gasteiger partial charge is 0.474 e. The number of nitrogens with zero attached hydrogens (tertiary/aromatic N) is 7. The van der Waals surface area contributed by atoms with E-state index in [1.54, 1.807) is 16.0 Å². The van der Waals surface area contributed by atoms with E-state index in [1.807, 2.05) is 64.2 Å². The van der Waals surface area contributed by atoms with Crippen LogP contribution in [0.2, 0.25) is 0 Å². The monoisotopic (exact) mass is 823 g/mol. The van der Waals surface area contributed by atoms with Gasteiger partial charge in [-0.05, 0) is 99.2 Å². The lowest BCUT2D eigenvalue weighted by Crippen LogP contribution is -2.52. The molecule has 15 heteroatoms. The molecule has 3 aromatic carbocycles. The zero-order valence-electron chi connectivity index (χ0n) is 34.9. The minimum absolute atomic E-state index is 0.149. The molecule has 1 unspecified atom stereocenters. The summed E-state index contributed by atoms with van der Waals surface area (Å²) in [6.07, 6.45) is 4.68. The molecule has 2 saturated heterocycles. The summed E-state index contributed by atoms with van der Waals surface area (Å²) in [6, 6.07) is 19.7. The van der Waals surface area contributed by atoms with Crippen LogP contribution >= 0.6 is 0 Å². The summed E-state index contributed by atoms with van der Waals surface area (Å²) in [6.45, 7) is 13.2. The Morgan fingerprint density at radius 1 is 0.934 bits per heavy atom. The molecule has 6 heterocycles. The average Bonchev–Trinajstić information content (AvgIpc) is 3.57. The zero-order valence-corrected chi connectivity index (χ0v) is 34.9. The smallest absolute Gasteiger partial charge is 0.415 e. The summed E-state index contributed by atoms with van der Waals surface area (Å²) in [7, 11) is 0. The van der Waals surface area contributed by atoms with Crippen molar-refractivity contribution in [1.29, 1.82) is 0 Å². The summed E-state index contributed by atoms with van der Waals surface area (Å²) >= 11 is 0. The van der Waals surface area contributed by atoms with Crippen LogP contribution < -0.4 is 25.2 Å². The van der Waals surface area contributed by atoms with E-state index in [0.717, 1.165) is 83.7 Å². The Morgan fingerprint density at radius 3 is 2.51 bits per heavy atom. The maximum absolute atomic E-state index is 13.2. The van der Waals surface area contributed by atoms with E-state index in [9.17, 15) is 19.2 Å². The van der Waals surface area contributed by atoms with Gasteiger partial charge < -0.3 is 24.6 Å². The van der Waals surface area contributed by atoms with Crippen molar-refractivity contribution in [1.82, 2.24) is 30.1 Å². The topological polar surface area (TPSA) is 162 Å². The molecule has 0 saturated carbocycles. The third-order valence-electron chi connectivity index (χ3n) is 11.8. The molecule has 0 spiro atoms. The van der Waals surface area contributed by atoms with Crippen LogP contribution in [0.4, 0.5) is 27.8 Å². The molecule has 1 atom stereocenters. The van der Waals surface area contributed by atoms with E-state index < -0.39 is 23.6 Å². The SMILES string of the molecule is Cc1c(-c2ccc3cnc(Nc4ccc(CCN5CCN(c6ccc7c(c6)CN(C6CCC(=O)NC6=O)C7=O)CC5)cc4)nc3c2)cnc2c1N(C(=O)OC(C)(C)C)CCO2. The Hall–Kier alpha value is -6.61. The van der Waals surface area contributed by atoms with Gasteiger partial charge in [-0.25, -0.2) is 19.7 Å². The predicted molar refractivity (Wildman–Crippen MR) is 231 cm³/mol. The van der Waals surface area contributed by atoms with Crippen LogP contribution in [0, 0.1) is 6.92 Å². The molecule has 0 radical (unpaired) electrons. The molecule has 5 aromatic rings. The number of rotatable bonds is 8. The Kier molecular flexibility index (Phi) is 10.5. The summed E-state index contributed by atoms with van der Waals surface area (Å²) in [5, 5.41) is 6.63. The second-order valence-electron chi connectivity index (χ2n) is 17.0. The number of fused-ring (bicyclic) bond motifs is 3. The average molecular weight is 824 g/mol. The van der Waals surface area contributed by atoms with E-state index in [1.165, 1.54) is 5.56 Å². The maximum Gasteiger partial charge on any atom is 0.415 e. The van der Waals surface area contributed by atoms with E-state index >= 15 is 0 Å². The van der Waals surface area contributed by atoms with Gasteiger partial charge in [-0.15, -0.1) is 0 Å². The molecule has 15 nitrogen and oxygen atoms in total. The van der Waals surface area contributed by atoms with E-state index in [0.29, 0.717) is 49.2 Å². The normalized spacial score (nSPS) is 18.1. The Bertz CT molecular complexity index is 2550. The Morgan fingerprint density at radius 2 is 1.74 bits per heavy atom. The van der Waals surface area contributed by atoms with Gasteiger partial charge in [-0.2, -0.15) is 0 Å². The highest BCUT2D eigenvalue weighted by molar-refractivity contribution is 6.05. The van der Waals surface area contributed by atoms with Gasteiger partial charge in [-0.3, -0.25) is 29.5 Å². The number of anilines is 4. The maximum atomic E-state index is 13.2. The summed E-state index contributed by atoms with van der Waals surface area (Å²) in [4.78, 5) is 72.4. The first-order valence-corrected chi connectivity index (χ1v) is 20.9. The number of piperazine rings is 1. The van der Waals surface area contributed by atoms with Crippen molar-refractivity contribution >= 4 is 57.7 Å². The van der Waals surface area contributed by atoms with Crippen LogP contribution in [-0.2, 0) is 27.3 Å². The Labute approximate surface area is 354 Å². The standard InChI is InChI=1S/C46H49N9O6/c1-28-36(26-47-42-40(28)54(21-22-60-42)45(59)61-46(2,3)4)30-7-8-31-25-48-44(50-37(31)24-30)49-33-9-5-29(6-10-33)15-16-52-17-19-53(20-18-52)34-11-12-35-32(23-34)27-55(43(35)58)38-13-14-39(56)51-41(38)57/h5-12,23-26,38H,13-22,27H2,1-4H3,(H,48,49,50)(H,51,56,57). The number of aromatic nitrogens is 3. The van der Waals surface area contributed by atoms with Gasteiger partial charge in [0, 0.05) is 86.0 Å². The lowest BCUT2D eigenvalue weighted by atomic mass is 9.99. The lowest BCUT2D eigenvalue weighted by Gasteiger charge is -2.36. The molecule has 2 aromatic heterocycles. The quantitative estimate of drug-likeness (QED) is 0.176. The number of carbonyl (C=O) groups excluding carboxylic acids is 4. The number of benzene rings is 3. The highest BCUT2D eigenvalue weighted by Gasteiger charge is 2.39. The molecule has 2 N–H and O–H groups in total. The number of ether oxygens (including phenoxy) is 2. The van der Waals surface area contributed by atoms with E-state index in [-0.39, 0.29) is 18.2 Å². The first kappa shape index (κ1) is 39.8. The number of carbonyl (C=O) groups is 4. The van der Waals surface area contributed by atoms with Crippen molar-refractivity contribution in [3.63, 3.8) is 0 Å². The highest BCUT2D eigenvalue weighted by atomic mass is 16.6. The summed E-state index contributed by atoms with van der Waals surface area (Å²) in [5.41, 5.74) is 8.16. The van der Waals surface area contributed by atoms with Gasteiger partial charge >= 0.3 is 6.09 Å². The van der Waals surface area contributed by atoms with E-state index in [4.69, 9.17) is 14.5 Å². The van der Waals surface area contributed by atoms with Crippen LogP contribution in [0.3, 0.4) is 0 Å². The van der Waals surface area contributed by atoms with Crippen LogP contribution in [-0.4, -0.2) is 106 Å². The van der Waals surface area contributed by atoms with Crippen LogP contribution in [0.15, 0.2) is 73.1 Å². The van der Waals surface area contributed by atoms with Gasteiger partial charge in [0.15, 0.2) is 0 Å². The Balaban J connectivity index is 0.792. The van der Waals surface area contributed by atoms with E-state index in [2.05, 4.69) is 60.7 Å². The number of hydrogen-bond acceptors (Lipinski definition) is 12. The first-order chi connectivity index (χ1) is 29.4. The second-order valence-corrected chi connectivity index (χ2v) is 17.0. The van der Waals surface area contributed by atoms with Crippen molar-refractivity contribution in [2.24, 2.45) is 0 Å². The van der Waals surface area contributed by atoms with Gasteiger partial charge in [0.2, 0.25) is 23.6 Å². The van der Waals surface area contributed by atoms with Crippen molar-refractivity contribution in [2.75, 3.05) is 61.0 Å². The number of nitrogens with one attached hydrogen (secondary N) is 2. The molecular weight excluding hydrogens is 775 g/mol. The molecule has 4 aliphatic rings. The lowest BCUT2D eigenvalue weighted by molar-refractivity contribution is -0.136. The van der Waals surface area contributed by atoms with Crippen LogP contribution in [0.5, 0.6) is 5.88 Å². The highest BCUT2D eigenvalue weighted by Crippen LogP contribution is 2.40. The van der Waals surface area contributed by atoms with Gasteiger partial charge in [0.25, 0.3) is 5.91 Å². The van der Waals surface area contributed by atoms with Crippen molar-refractivity contribution in [3.8, 4) is 17.0 Å². The minimum Gasteiger partial charge on any atom is -0.474 e. The molecule has 4 amide bonds. The number of imide groups is 1. The number of amides is 4. The molecule has 9 rings (SSSR count). The molecule has 314 valence electrons.